The molecule has 5 nitrogen and oxygen atoms in total. The van der Waals surface area contributed by atoms with Gasteiger partial charge in [0, 0.05) is 11.8 Å². The number of nitrogens with two attached hydrogens (primary N) is 1. The van der Waals surface area contributed by atoms with E-state index in [-0.39, 0.29) is 11.3 Å². The van der Waals surface area contributed by atoms with Crippen molar-refractivity contribution < 1.29 is 4.79 Å². The molecule has 0 aliphatic carbocycles. The van der Waals surface area contributed by atoms with Crippen LogP contribution in [0.3, 0.4) is 0 Å². The Bertz CT molecular complexity index is 356. The summed E-state index contributed by atoms with van der Waals surface area (Å²) >= 11 is 1.42. The van der Waals surface area contributed by atoms with Crippen LogP contribution in [0.5, 0.6) is 0 Å². The summed E-state index contributed by atoms with van der Waals surface area (Å²) in [7, 11) is 0. The van der Waals surface area contributed by atoms with Gasteiger partial charge in [0.2, 0.25) is 11.0 Å². The van der Waals surface area contributed by atoms with E-state index >= 15 is 0 Å². The highest BCUT2D eigenvalue weighted by molar-refractivity contribution is 7.15. The molecule has 0 aromatic carbocycles. The molecular formula is C10H18N4OS. The molecular weight excluding hydrogens is 224 g/mol. The largest absolute Gasteiger partial charge is 0.330 e. The third kappa shape index (κ3) is 3.86. The molecule has 0 saturated heterocycles. The molecule has 0 aliphatic rings. The van der Waals surface area contributed by atoms with Crippen molar-refractivity contribution in [3.8, 4) is 0 Å². The number of nitrogens with zero attached hydrogens (tertiary/aromatic N) is 2. The van der Waals surface area contributed by atoms with Crippen LogP contribution >= 0.6 is 11.3 Å². The zero-order valence-corrected chi connectivity index (χ0v) is 10.7. The Morgan fingerprint density at radius 1 is 1.44 bits per heavy atom. The zero-order valence-electron chi connectivity index (χ0n) is 9.91. The summed E-state index contributed by atoms with van der Waals surface area (Å²) in [5, 5.41) is 12.2. The maximum atomic E-state index is 11.4. The Hall–Kier alpha value is -1.01. The van der Waals surface area contributed by atoms with Gasteiger partial charge in [-0.1, -0.05) is 32.1 Å². The van der Waals surface area contributed by atoms with Crippen molar-refractivity contribution in [2.24, 2.45) is 5.73 Å². The van der Waals surface area contributed by atoms with E-state index in [1.807, 2.05) is 0 Å². The normalized spacial score (nSPS) is 11.5. The minimum atomic E-state index is -0.0536. The molecule has 0 bridgehead atoms. The van der Waals surface area contributed by atoms with Gasteiger partial charge in [0.1, 0.15) is 5.01 Å². The van der Waals surface area contributed by atoms with Crippen LogP contribution in [-0.4, -0.2) is 22.6 Å². The molecule has 0 saturated carbocycles. The van der Waals surface area contributed by atoms with Gasteiger partial charge in [-0.25, -0.2) is 0 Å². The number of rotatable bonds is 4. The molecule has 0 fully saturated rings. The number of hydrogen-bond acceptors (Lipinski definition) is 5. The third-order valence-electron chi connectivity index (χ3n) is 1.92. The molecule has 16 heavy (non-hydrogen) atoms. The van der Waals surface area contributed by atoms with Gasteiger partial charge in [0.15, 0.2) is 0 Å². The molecule has 1 aromatic heterocycles. The van der Waals surface area contributed by atoms with E-state index < -0.39 is 0 Å². The second kappa shape index (κ2) is 5.36. The van der Waals surface area contributed by atoms with E-state index in [4.69, 9.17) is 5.73 Å². The highest BCUT2D eigenvalue weighted by Gasteiger charge is 2.19. The van der Waals surface area contributed by atoms with E-state index in [0.29, 0.717) is 24.5 Å². The lowest BCUT2D eigenvalue weighted by Gasteiger charge is -2.12. The second-order valence-corrected chi connectivity index (χ2v) is 5.58. The zero-order chi connectivity index (χ0) is 12.2. The van der Waals surface area contributed by atoms with Crippen LogP contribution in [0.25, 0.3) is 0 Å². The van der Waals surface area contributed by atoms with Crippen molar-refractivity contribution in [2.45, 2.75) is 39.0 Å². The van der Waals surface area contributed by atoms with Crippen molar-refractivity contribution >= 4 is 22.4 Å². The first-order valence-electron chi connectivity index (χ1n) is 5.27. The van der Waals surface area contributed by atoms with Gasteiger partial charge < -0.3 is 11.1 Å². The van der Waals surface area contributed by atoms with Gasteiger partial charge in [0.25, 0.3) is 0 Å². The van der Waals surface area contributed by atoms with Gasteiger partial charge in [-0.3, -0.25) is 4.79 Å². The summed E-state index contributed by atoms with van der Waals surface area (Å²) in [4.78, 5) is 11.4. The average molecular weight is 242 g/mol. The fourth-order valence-electron chi connectivity index (χ4n) is 1.02. The van der Waals surface area contributed by atoms with Crippen molar-refractivity contribution in [1.29, 1.82) is 0 Å². The number of aromatic nitrogens is 2. The van der Waals surface area contributed by atoms with Gasteiger partial charge in [-0.2, -0.15) is 0 Å². The first-order chi connectivity index (χ1) is 7.43. The lowest BCUT2D eigenvalue weighted by Crippen LogP contribution is -2.13. The standard InChI is InChI=1S/C10H18N4OS/c1-10(2,3)8-13-14-9(16-8)12-7(15)5-4-6-11/h4-6,11H2,1-3H3,(H,12,14,15). The fraction of sp³-hybridized carbons (Fsp3) is 0.700. The Kier molecular flexibility index (Phi) is 4.37. The van der Waals surface area contributed by atoms with E-state index in [1.165, 1.54) is 11.3 Å². The SMILES string of the molecule is CC(C)(C)c1nnc(NC(=O)CCCN)s1. The quantitative estimate of drug-likeness (QED) is 0.838. The molecule has 6 heteroatoms. The van der Waals surface area contributed by atoms with Gasteiger partial charge >= 0.3 is 0 Å². The monoisotopic (exact) mass is 242 g/mol. The molecule has 0 unspecified atom stereocenters. The molecule has 1 amide bonds. The minimum absolute atomic E-state index is 0.0299. The van der Waals surface area contributed by atoms with E-state index in [9.17, 15) is 4.79 Å². The van der Waals surface area contributed by atoms with Crippen molar-refractivity contribution in [3.05, 3.63) is 5.01 Å². The Morgan fingerprint density at radius 2 is 2.12 bits per heavy atom. The summed E-state index contributed by atoms with van der Waals surface area (Å²) in [5.74, 6) is -0.0536. The van der Waals surface area contributed by atoms with Gasteiger partial charge in [-0.15, -0.1) is 10.2 Å². The molecule has 0 radical (unpaired) electrons. The van der Waals surface area contributed by atoms with Crippen LogP contribution in [-0.2, 0) is 10.2 Å². The summed E-state index contributed by atoms with van der Waals surface area (Å²) in [6.45, 7) is 6.71. The Balaban J connectivity index is 2.56. The van der Waals surface area contributed by atoms with Gasteiger partial charge in [0.05, 0.1) is 0 Å². The summed E-state index contributed by atoms with van der Waals surface area (Å²) < 4.78 is 0. The Morgan fingerprint density at radius 3 is 2.62 bits per heavy atom. The number of hydrogen-bond donors (Lipinski definition) is 2. The predicted octanol–water partition coefficient (Wildman–Crippen LogP) is 1.51. The molecule has 0 aliphatic heterocycles. The van der Waals surface area contributed by atoms with E-state index in [0.717, 1.165) is 5.01 Å². The summed E-state index contributed by atoms with van der Waals surface area (Å²) in [6.07, 6.45) is 1.12. The first-order valence-corrected chi connectivity index (χ1v) is 6.09. The van der Waals surface area contributed by atoms with Crippen LogP contribution in [0, 0.1) is 0 Å². The van der Waals surface area contributed by atoms with Crippen LogP contribution in [0.4, 0.5) is 5.13 Å². The minimum Gasteiger partial charge on any atom is -0.330 e. The maximum Gasteiger partial charge on any atom is 0.226 e. The lowest BCUT2D eigenvalue weighted by atomic mass is 9.98. The second-order valence-electron chi connectivity index (χ2n) is 4.60. The molecule has 1 heterocycles. The highest BCUT2D eigenvalue weighted by Crippen LogP contribution is 2.27. The number of carbonyl (C=O) groups excluding carboxylic acids is 1. The van der Waals surface area contributed by atoms with Crippen molar-refractivity contribution in [3.63, 3.8) is 0 Å². The van der Waals surface area contributed by atoms with Crippen LogP contribution in [0.1, 0.15) is 38.6 Å². The number of amides is 1. The van der Waals surface area contributed by atoms with E-state index in [2.05, 4.69) is 36.3 Å². The van der Waals surface area contributed by atoms with E-state index in [1.54, 1.807) is 0 Å². The lowest BCUT2D eigenvalue weighted by molar-refractivity contribution is -0.116. The number of carbonyl (C=O) groups is 1. The average Bonchev–Trinajstić information content (AvgIpc) is 2.62. The maximum absolute atomic E-state index is 11.4. The smallest absolute Gasteiger partial charge is 0.226 e. The summed E-state index contributed by atoms with van der Waals surface area (Å²) in [5.41, 5.74) is 5.30. The molecule has 90 valence electrons. The molecule has 0 spiro atoms. The van der Waals surface area contributed by atoms with Crippen molar-refractivity contribution in [2.75, 3.05) is 11.9 Å². The molecule has 1 aromatic rings. The van der Waals surface area contributed by atoms with Crippen LogP contribution in [0.15, 0.2) is 0 Å². The topological polar surface area (TPSA) is 80.9 Å². The first kappa shape index (κ1) is 13.1. The van der Waals surface area contributed by atoms with Crippen molar-refractivity contribution in [1.82, 2.24) is 10.2 Å². The summed E-state index contributed by atoms with van der Waals surface area (Å²) in [6, 6.07) is 0. The molecule has 0 atom stereocenters. The number of anilines is 1. The Labute approximate surface area is 99.5 Å². The van der Waals surface area contributed by atoms with Crippen LogP contribution in [0.2, 0.25) is 0 Å². The van der Waals surface area contributed by atoms with Gasteiger partial charge in [-0.05, 0) is 13.0 Å². The molecule has 1 rings (SSSR count). The number of nitrogens with one attached hydrogen (secondary N) is 1. The highest BCUT2D eigenvalue weighted by atomic mass is 32.1. The fourth-order valence-corrected chi connectivity index (χ4v) is 1.84. The third-order valence-corrected chi connectivity index (χ3v) is 3.19. The molecule has 3 N–H and O–H groups in total. The predicted molar refractivity (Wildman–Crippen MR) is 65.5 cm³/mol. The van der Waals surface area contributed by atoms with Crippen LogP contribution < -0.4 is 11.1 Å².